The SMILES string of the molecule is Cc1cc(NCCCCl)ccc1N(C(=O)OC(C)(C)C)c1cc(-c2ccc(-n3cccn3)cc2)n(C(=O)OC(C)(C)C)n1. The maximum atomic E-state index is 13.7. The van der Waals surface area contributed by atoms with Gasteiger partial charge in [-0.25, -0.2) is 19.2 Å². The van der Waals surface area contributed by atoms with E-state index < -0.39 is 23.4 Å². The van der Waals surface area contributed by atoms with E-state index in [-0.39, 0.29) is 5.82 Å². The molecule has 228 valence electrons. The van der Waals surface area contributed by atoms with Crippen LogP contribution in [0.5, 0.6) is 0 Å². The predicted octanol–water partition coefficient (Wildman–Crippen LogP) is 7.94. The van der Waals surface area contributed by atoms with Crippen LogP contribution in [0.3, 0.4) is 0 Å². The number of hydrogen-bond acceptors (Lipinski definition) is 7. The van der Waals surface area contributed by atoms with Crippen LogP contribution in [0.2, 0.25) is 0 Å². The topological polar surface area (TPSA) is 104 Å². The Hall–Kier alpha value is -4.31. The number of hydrogen-bond donors (Lipinski definition) is 1. The number of carbonyl (C=O) groups is 2. The zero-order chi connectivity index (χ0) is 31.4. The van der Waals surface area contributed by atoms with Gasteiger partial charge in [0.05, 0.1) is 17.1 Å². The third-order valence-corrected chi connectivity index (χ3v) is 6.34. The van der Waals surface area contributed by atoms with E-state index in [0.29, 0.717) is 22.8 Å². The van der Waals surface area contributed by atoms with E-state index in [1.165, 1.54) is 9.58 Å². The molecule has 10 nitrogen and oxygen atoms in total. The van der Waals surface area contributed by atoms with Gasteiger partial charge in [0, 0.05) is 42.1 Å². The normalized spacial score (nSPS) is 11.7. The number of nitrogens with one attached hydrogen (secondary N) is 1. The molecule has 0 spiro atoms. The molecule has 2 aromatic carbocycles. The van der Waals surface area contributed by atoms with Gasteiger partial charge in [-0.1, -0.05) is 12.1 Å². The first-order valence-electron chi connectivity index (χ1n) is 14.1. The molecule has 0 saturated heterocycles. The fraction of sp³-hybridized carbons (Fsp3) is 0.375. The largest absolute Gasteiger partial charge is 0.443 e. The molecule has 11 heteroatoms. The van der Waals surface area contributed by atoms with Crippen molar-refractivity contribution in [3.05, 3.63) is 72.6 Å². The number of halogens is 1. The summed E-state index contributed by atoms with van der Waals surface area (Å²) in [5.41, 5.74) is 2.71. The molecule has 0 aliphatic carbocycles. The lowest BCUT2D eigenvalue weighted by Gasteiger charge is -2.27. The van der Waals surface area contributed by atoms with Crippen LogP contribution in [0.15, 0.2) is 67.0 Å². The predicted molar refractivity (Wildman–Crippen MR) is 170 cm³/mol. The number of anilines is 3. The Morgan fingerprint density at radius 3 is 2.26 bits per heavy atom. The van der Waals surface area contributed by atoms with Gasteiger partial charge in [0.25, 0.3) is 0 Å². The number of nitrogens with zero attached hydrogens (tertiary/aromatic N) is 5. The molecule has 4 aromatic rings. The minimum absolute atomic E-state index is 0.206. The Morgan fingerprint density at radius 2 is 1.67 bits per heavy atom. The van der Waals surface area contributed by atoms with E-state index in [2.05, 4.69) is 15.5 Å². The Bertz CT molecular complexity index is 1550. The van der Waals surface area contributed by atoms with Gasteiger partial charge in [0.1, 0.15) is 11.2 Å². The molecule has 0 bridgehead atoms. The van der Waals surface area contributed by atoms with E-state index in [4.69, 9.17) is 21.1 Å². The molecule has 1 N–H and O–H groups in total. The van der Waals surface area contributed by atoms with Crippen LogP contribution >= 0.6 is 11.6 Å². The van der Waals surface area contributed by atoms with Crippen LogP contribution in [0.25, 0.3) is 16.9 Å². The molecule has 0 aliphatic rings. The first-order valence-corrected chi connectivity index (χ1v) is 14.7. The molecule has 0 atom stereocenters. The average molecular weight is 607 g/mol. The molecule has 0 saturated carbocycles. The highest BCUT2D eigenvalue weighted by atomic mass is 35.5. The Morgan fingerprint density at radius 1 is 0.977 bits per heavy atom. The van der Waals surface area contributed by atoms with Gasteiger partial charge in [0.15, 0.2) is 5.82 Å². The molecule has 0 fully saturated rings. The number of ether oxygens (including phenoxy) is 2. The van der Waals surface area contributed by atoms with Crippen LogP contribution in [0, 0.1) is 6.92 Å². The van der Waals surface area contributed by atoms with Gasteiger partial charge in [-0.3, -0.25) is 0 Å². The third-order valence-electron chi connectivity index (χ3n) is 6.08. The number of aromatic nitrogens is 4. The van der Waals surface area contributed by atoms with Gasteiger partial charge < -0.3 is 14.8 Å². The summed E-state index contributed by atoms with van der Waals surface area (Å²) in [5, 5.41) is 12.2. The van der Waals surface area contributed by atoms with E-state index >= 15 is 0 Å². The van der Waals surface area contributed by atoms with Gasteiger partial charge >= 0.3 is 12.2 Å². The minimum atomic E-state index is -0.773. The minimum Gasteiger partial charge on any atom is -0.443 e. The second-order valence-electron chi connectivity index (χ2n) is 12.1. The highest BCUT2D eigenvalue weighted by molar-refractivity contribution is 6.17. The summed E-state index contributed by atoms with van der Waals surface area (Å²) in [6.07, 6.45) is 3.06. The van der Waals surface area contributed by atoms with E-state index in [9.17, 15) is 9.59 Å². The number of amides is 1. The Balaban J connectivity index is 1.82. The van der Waals surface area contributed by atoms with Crippen molar-refractivity contribution < 1.29 is 19.1 Å². The lowest BCUT2D eigenvalue weighted by molar-refractivity contribution is 0.0513. The van der Waals surface area contributed by atoms with Crippen LogP contribution in [0.1, 0.15) is 53.5 Å². The molecule has 0 unspecified atom stereocenters. The molecular weight excluding hydrogens is 568 g/mol. The smallest absolute Gasteiger partial charge is 0.435 e. The third kappa shape index (κ3) is 8.16. The molecule has 2 heterocycles. The summed E-state index contributed by atoms with van der Waals surface area (Å²) in [6, 6.07) is 16.7. The molecule has 2 aromatic heterocycles. The van der Waals surface area contributed by atoms with Crippen molar-refractivity contribution in [1.29, 1.82) is 0 Å². The van der Waals surface area contributed by atoms with Crippen LogP contribution in [-0.2, 0) is 9.47 Å². The summed E-state index contributed by atoms with van der Waals surface area (Å²) in [7, 11) is 0. The number of aryl methyl sites for hydroxylation is 1. The van der Waals surface area contributed by atoms with Gasteiger partial charge in [-0.2, -0.15) is 9.78 Å². The molecule has 1 amide bonds. The van der Waals surface area contributed by atoms with Crippen LogP contribution < -0.4 is 10.2 Å². The Kier molecular flexibility index (Phi) is 9.49. The second kappa shape index (κ2) is 12.9. The maximum absolute atomic E-state index is 13.7. The summed E-state index contributed by atoms with van der Waals surface area (Å²) >= 11 is 5.83. The quantitative estimate of drug-likeness (QED) is 0.160. The summed E-state index contributed by atoms with van der Waals surface area (Å²) in [6.45, 7) is 13.4. The van der Waals surface area contributed by atoms with Crippen molar-refractivity contribution in [3.8, 4) is 16.9 Å². The van der Waals surface area contributed by atoms with Crippen molar-refractivity contribution >= 4 is 41.0 Å². The molecule has 0 aliphatic heterocycles. The van der Waals surface area contributed by atoms with Gasteiger partial charge in [-0.15, -0.1) is 16.7 Å². The molecule has 43 heavy (non-hydrogen) atoms. The molecule has 4 rings (SSSR count). The number of rotatable bonds is 8. The second-order valence-corrected chi connectivity index (χ2v) is 12.4. The summed E-state index contributed by atoms with van der Waals surface area (Å²) in [5.74, 6) is 0.766. The zero-order valence-electron chi connectivity index (χ0n) is 25.7. The first-order chi connectivity index (χ1) is 20.3. The van der Waals surface area contributed by atoms with Crippen molar-refractivity contribution in [2.45, 2.75) is 66.1 Å². The fourth-order valence-corrected chi connectivity index (χ4v) is 4.41. The first kappa shape index (κ1) is 31.6. The maximum Gasteiger partial charge on any atom is 0.435 e. The van der Waals surface area contributed by atoms with E-state index in [1.54, 1.807) is 58.5 Å². The van der Waals surface area contributed by atoms with Gasteiger partial charge in [0.2, 0.25) is 0 Å². The Labute approximate surface area is 257 Å². The number of benzene rings is 2. The van der Waals surface area contributed by atoms with Crippen LogP contribution in [-0.4, -0.2) is 55.4 Å². The zero-order valence-corrected chi connectivity index (χ0v) is 26.5. The lowest BCUT2D eigenvalue weighted by atomic mass is 10.1. The van der Waals surface area contributed by atoms with Crippen LogP contribution in [0.4, 0.5) is 26.8 Å². The van der Waals surface area contributed by atoms with Gasteiger partial charge in [-0.05, 0) is 96.8 Å². The fourth-order valence-electron chi connectivity index (χ4n) is 4.27. The standard InChI is InChI=1S/C32H39ClN6O4/c1-22-20-24(34-17-8-16-33)12-15-26(22)38(29(40)42-31(2,3)4)28-21-27(39(36-28)30(41)43-32(5,6)7)23-10-13-25(14-11-23)37-19-9-18-35-37/h9-15,18-21,34H,8,16-17H2,1-7H3. The monoisotopic (exact) mass is 606 g/mol. The van der Waals surface area contributed by atoms with E-state index in [1.807, 2.05) is 61.7 Å². The number of alkyl halides is 1. The lowest BCUT2D eigenvalue weighted by Crippen LogP contribution is -2.34. The van der Waals surface area contributed by atoms with Crippen molar-refractivity contribution in [3.63, 3.8) is 0 Å². The van der Waals surface area contributed by atoms with Crippen molar-refractivity contribution in [2.24, 2.45) is 0 Å². The van der Waals surface area contributed by atoms with Crippen molar-refractivity contribution in [2.75, 3.05) is 22.6 Å². The van der Waals surface area contributed by atoms with Crippen molar-refractivity contribution in [1.82, 2.24) is 19.6 Å². The highest BCUT2D eigenvalue weighted by Gasteiger charge is 2.31. The molecule has 0 radical (unpaired) electrons. The summed E-state index contributed by atoms with van der Waals surface area (Å²) < 4.78 is 14.4. The van der Waals surface area contributed by atoms with E-state index in [0.717, 1.165) is 29.9 Å². The molecular formula is C32H39ClN6O4. The average Bonchev–Trinajstić information content (AvgIpc) is 3.59. The highest BCUT2D eigenvalue weighted by Crippen LogP contribution is 2.34. The summed E-state index contributed by atoms with van der Waals surface area (Å²) in [4.78, 5) is 28.5. The number of carbonyl (C=O) groups excluding carboxylic acids is 2.